The van der Waals surface area contributed by atoms with E-state index in [2.05, 4.69) is 13.8 Å². The van der Waals surface area contributed by atoms with Crippen molar-refractivity contribution < 1.29 is 13.2 Å². The first-order valence-corrected chi connectivity index (χ1v) is 10.6. The van der Waals surface area contributed by atoms with Crippen LogP contribution in [-0.2, 0) is 16.6 Å². The molecule has 0 fully saturated rings. The molecule has 132 valence electrons. The maximum Gasteiger partial charge on any atom is 0.243 e. The molecule has 0 atom stereocenters. The van der Waals surface area contributed by atoms with Gasteiger partial charge in [0.15, 0.2) is 0 Å². The molecule has 0 aliphatic rings. The highest BCUT2D eigenvalue weighted by Gasteiger charge is 2.24. The average molecular weight is 368 g/mol. The second-order valence-electron chi connectivity index (χ2n) is 6.15. The Morgan fingerprint density at radius 3 is 2.42 bits per heavy atom. The first-order valence-electron chi connectivity index (χ1n) is 8.17. The standard InChI is InChI=1S/C18H25NO3S2/c1-4-10-19(12-16-9-11-23-14-16)24(20,21)18-7-5-17(6-8-18)22-13-15(2)3/h5-9,11,14-15H,4,10,12-13H2,1-3H3. The van der Waals surface area contributed by atoms with Gasteiger partial charge in [0.25, 0.3) is 0 Å². The number of nitrogens with zero attached hydrogens (tertiary/aromatic N) is 1. The zero-order chi connectivity index (χ0) is 17.6. The summed E-state index contributed by atoms with van der Waals surface area (Å²) < 4.78 is 33.0. The fraction of sp³-hybridized carbons (Fsp3) is 0.444. The monoisotopic (exact) mass is 367 g/mol. The van der Waals surface area contributed by atoms with Gasteiger partial charge in [-0.3, -0.25) is 0 Å². The molecule has 0 aliphatic heterocycles. The summed E-state index contributed by atoms with van der Waals surface area (Å²) in [6.45, 7) is 7.66. The number of ether oxygens (including phenoxy) is 1. The lowest BCUT2D eigenvalue weighted by molar-refractivity contribution is 0.271. The fourth-order valence-electron chi connectivity index (χ4n) is 2.24. The van der Waals surface area contributed by atoms with Crippen molar-refractivity contribution in [2.24, 2.45) is 5.92 Å². The molecule has 0 saturated heterocycles. The van der Waals surface area contributed by atoms with Gasteiger partial charge in [-0.05, 0) is 59.0 Å². The number of hydrogen-bond donors (Lipinski definition) is 0. The van der Waals surface area contributed by atoms with Gasteiger partial charge in [0.1, 0.15) is 5.75 Å². The molecule has 0 bridgehead atoms. The maximum atomic E-state index is 12.9. The summed E-state index contributed by atoms with van der Waals surface area (Å²) in [5.74, 6) is 1.13. The van der Waals surface area contributed by atoms with Crippen LogP contribution >= 0.6 is 11.3 Å². The third-order valence-electron chi connectivity index (χ3n) is 3.46. The van der Waals surface area contributed by atoms with Crippen molar-refractivity contribution in [3.63, 3.8) is 0 Å². The summed E-state index contributed by atoms with van der Waals surface area (Å²) in [5.41, 5.74) is 1.02. The normalized spacial score (nSPS) is 12.0. The summed E-state index contributed by atoms with van der Waals surface area (Å²) in [7, 11) is -3.50. The van der Waals surface area contributed by atoms with Crippen molar-refractivity contribution in [1.82, 2.24) is 4.31 Å². The molecule has 0 aliphatic carbocycles. The van der Waals surface area contributed by atoms with Crippen molar-refractivity contribution in [2.45, 2.75) is 38.6 Å². The quantitative estimate of drug-likeness (QED) is 0.660. The number of benzene rings is 1. The van der Waals surface area contributed by atoms with Crippen molar-refractivity contribution in [3.05, 3.63) is 46.7 Å². The first-order chi connectivity index (χ1) is 11.4. The minimum Gasteiger partial charge on any atom is -0.493 e. The molecule has 4 nitrogen and oxygen atoms in total. The number of thiophene rings is 1. The average Bonchev–Trinajstić information content (AvgIpc) is 3.06. The molecule has 0 unspecified atom stereocenters. The zero-order valence-electron chi connectivity index (χ0n) is 14.4. The molecule has 0 amide bonds. The fourth-order valence-corrected chi connectivity index (χ4v) is 4.42. The van der Waals surface area contributed by atoms with E-state index in [1.165, 1.54) is 0 Å². The molecule has 0 saturated carbocycles. The molecule has 0 radical (unpaired) electrons. The summed E-state index contributed by atoms with van der Waals surface area (Å²) >= 11 is 1.58. The zero-order valence-corrected chi connectivity index (χ0v) is 16.1. The third-order valence-corrected chi connectivity index (χ3v) is 6.05. The summed E-state index contributed by atoms with van der Waals surface area (Å²) in [6.07, 6.45) is 0.777. The van der Waals surface area contributed by atoms with Crippen LogP contribution in [0.2, 0.25) is 0 Å². The highest BCUT2D eigenvalue weighted by molar-refractivity contribution is 7.89. The van der Waals surface area contributed by atoms with Crippen LogP contribution < -0.4 is 4.74 Å². The number of sulfonamides is 1. The van der Waals surface area contributed by atoms with Gasteiger partial charge in [0.05, 0.1) is 11.5 Å². The van der Waals surface area contributed by atoms with Crippen molar-refractivity contribution in [1.29, 1.82) is 0 Å². The Hall–Kier alpha value is -1.37. The lowest BCUT2D eigenvalue weighted by Crippen LogP contribution is -2.31. The lowest BCUT2D eigenvalue weighted by Gasteiger charge is -2.21. The molecular weight excluding hydrogens is 342 g/mol. The van der Waals surface area contributed by atoms with Gasteiger partial charge in [-0.25, -0.2) is 8.42 Å². The van der Waals surface area contributed by atoms with E-state index < -0.39 is 10.0 Å². The molecule has 2 rings (SSSR count). The number of rotatable bonds is 9. The van der Waals surface area contributed by atoms with E-state index in [1.54, 1.807) is 39.9 Å². The molecule has 6 heteroatoms. The summed E-state index contributed by atoms with van der Waals surface area (Å²) in [6, 6.07) is 8.67. The summed E-state index contributed by atoms with van der Waals surface area (Å²) in [5, 5.41) is 3.95. The van der Waals surface area contributed by atoms with E-state index in [0.717, 1.165) is 12.0 Å². The van der Waals surface area contributed by atoms with Crippen LogP contribution in [0.15, 0.2) is 46.0 Å². The molecule has 24 heavy (non-hydrogen) atoms. The topological polar surface area (TPSA) is 46.6 Å². The minimum absolute atomic E-state index is 0.308. The summed E-state index contributed by atoms with van der Waals surface area (Å²) in [4.78, 5) is 0.308. The molecule has 0 N–H and O–H groups in total. The maximum absolute atomic E-state index is 12.9. The van der Waals surface area contributed by atoms with E-state index >= 15 is 0 Å². The Labute approximate surface area is 149 Å². The minimum atomic E-state index is -3.50. The first kappa shape index (κ1) is 19.0. The SMILES string of the molecule is CCCN(Cc1ccsc1)S(=O)(=O)c1ccc(OCC(C)C)cc1. The predicted molar refractivity (Wildman–Crippen MR) is 99.0 cm³/mol. The largest absolute Gasteiger partial charge is 0.493 e. The Kier molecular flexibility index (Phi) is 6.83. The van der Waals surface area contributed by atoms with Crippen LogP contribution in [0.25, 0.3) is 0 Å². The van der Waals surface area contributed by atoms with E-state index in [-0.39, 0.29) is 0 Å². The van der Waals surface area contributed by atoms with E-state index in [4.69, 9.17) is 4.74 Å². The van der Waals surface area contributed by atoms with Gasteiger partial charge in [0, 0.05) is 13.1 Å². The van der Waals surface area contributed by atoms with Crippen LogP contribution in [0.3, 0.4) is 0 Å². The highest BCUT2D eigenvalue weighted by atomic mass is 32.2. The van der Waals surface area contributed by atoms with Gasteiger partial charge in [0.2, 0.25) is 10.0 Å². The van der Waals surface area contributed by atoms with Gasteiger partial charge >= 0.3 is 0 Å². The van der Waals surface area contributed by atoms with Crippen molar-refractivity contribution in [2.75, 3.05) is 13.2 Å². The van der Waals surface area contributed by atoms with Crippen LogP contribution in [0.1, 0.15) is 32.8 Å². The Balaban J connectivity index is 2.16. The molecule has 1 aromatic carbocycles. The van der Waals surface area contributed by atoms with Gasteiger partial charge in [-0.2, -0.15) is 15.6 Å². The van der Waals surface area contributed by atoms with Crippen LogP contribution in [0, 0.1) is 5.92 Å². The van der Waals surface area contributed by atoms with E-state index in [0.29, 0.717) is 36.3 Å². The van der Waals surface area contributed by atoms with Crippen molar-refractivity contribution >= 4 is 21.4 Å². The second kappa shape index (κ2) is 8.65. The Bertz CT molecular complexity index is 707. The van der Waals surface area contributed by atoms with Crippen molar-refractivity contribution in [3.8, 4) is 5.75 Å². The van der Waals surface area contributed by atoms with E-state index in [1.807, 2.05) is 23.8 Å². The molecular formula is C18H25NO3S2. The van der Waals surface area contributed by atoms with Crippen LogP contribution in [0.4, 0.5) is 0 Å². The van der Waals surface area contributed by atoms with Crippen LogP contribution in [0.5, 0.6) is 5.75 Å². The second-order valence-corrected chi connectivity index (χ2v) is 8.86. The Morgan fingerprint density at radius 2 is 1.88 bits per heavy atom. The molecule has 0 spiro atoms. The highest BCUT2D eigenvalue weighted by Crippen LogP contribution is 2.22. The van der Waals surface area contributed by atoms with E-state index in [9.17, 15) is 8.42 Å². The molecule has 1 aromatic heterocycles. The molecule has 1 heterocycles. The third kappa shape index (κ3) is 5.06. The van der Waals surface area contributed by atoms with Gasteiger partial charge < -0.3 is 4.74 Å². The van der Waals surface area contributed by atoms with Gasteiger partial charge in [-0.1, -0.05) is 20.8 Å². The lowest BCUT2D eigenvalue weighted by atomic mass is 10.2. The Morgan fingerprint density at radius 1 is 1.17 bits per heavy atom. The smallest absolute Gasteiger partial charge is 0.243 e. The number of hydrogen-bond acceptors (Lipinski definition) is 4. The predicted octanol–water partition coefficient (Wildman–Crippen LogP) is 4.38. The molecule has 2 aromatic rings. The van der Waals surface area contributed by atoms with Gasteiger partial charge in [-0.15, -0.1) is 0 Å². The van der Waals surface area contributed by atoms with Crippen LogP contribution in [-0.4, -0.2) is 25.9 Å².